The molecule has 0 aromatic heterocycles. The number of oxime groups is 1. The molecule has 24 heavy (non-hydrogen) atoms. The molecule has 0 saturated heterocycles. The number of aryl methyl sites for hydroxylation is 1. The van der Waals surface area contributed by atoms with Gasteiger partial charge in [0.15, 0.2) is 6.61 Å². The molecule has 0 heterocycles. The maximum atomic E-state index is 6.33. The quantitative estimate of drug-likeness (QED) is 0.287. The molecule has 0 saturated carbocycles. The lowest BCUT2D eigenvalue weighted by Gasteiger charge is -2.15. The van der Waals surface area contributed by atoms with Crippen LogP contribution in [-0.2, 0) is 11.3 Å². The first-order valence-electron chi connectivity index (χ1n) is 7.66. The van der Waals surface area contributed by atoms with Gasteiger partial charge in [0.2, 0.25) is 0 Å². The van der Waals surface area contributed by atoms with E-state index in [0.29, 0.717) is 29.7 Å². The lowest BCUT2D eigenvalue weighted by molar-refractivity contribution is 0.106. The Hall–Kier alpha value is -1.10. The Morgan fingerprint density at radius 2 is 1.92 bits per heavy atom. The largest absolute Gasteiger partial charge is 0.489 e. The summed E-state index contributed by atoms with van der Waals surface area (Å²) in [4.78, 5) is 5.12. The summed E-state index contributed by atoms with van der Waals surface area (Å²) < 4.78 is 11.5. The van der Waals surface area contributed by atoms with Crippen molar-refractivity contribution in [1.82, 2.24) is 0 Å². The molecule has 0 atom stereocenters. The first-order chi connectivity index (χ1) is 11.4. The first-order valence-corrected chi connectivity index (χ1v) is 8.79. The Kier molecular flexibility index (Phi) is 9.99. The summed E-state index contributed by atoms with van der Waals surface area (Å²) in [5, 5.41) is 4.35. The zero-order chi connectivity index (χ0) is 17.9. The molecular weight excluding hydrogens is 373 g/mol. The van der Waals surface area contributed by atoms with E-state index in [2.05, 4.69) is 12.1 Å². The van der Waals surface area contributed by atoms with Gasteiger partial charge in [-0.3, -0.25) is 0 Å². The summed E-state index contributed by atoms with van der Waals surface area (Å²) >= 11 is 17.5. The van der Waals surface area contributed by atoms with Crippen molar-refractivity contribution in [2.45, 2.75) is 33.6 Å². The van der Waals surface area contributed by atoms with E-state index in [1.165, 1.54) is 0 Å². The van der Waals surface area contributed by atoms with Gasteiger partial charge < -0.3 is 14.3 Å². The lowest BCUT2D eigenvalue weighted by Crippen LogP contribution is -2.07. The fraction of sp³-hybridized carbons (Fsp3) is 0.471. The van der Waals surface area contributed by atoms with E-state index in [1.54, 1.807) is 12.1 Å². The number of halogens is 3. The number of benzene rings is 1. The van der Waals surface area contributed by atoms with E-state index >= 15 is 0 Å². The fourth-order valence-corrected chi connectivity index (χ4v) is 2.29. The zero-order valence-corrected chi connectivity index (χ0v) is 16.3. The molecule has 1 aromatic carbocycles. The Balaban J connectivity index is 2.75. The molecule has 0 bridgehead atoms. The predicted molar refractivity (Wildman–Crippen MR) is 101 cm³/mol. The van der Waals surface area contributed by atoms with Crippen LogP contribution in [0.2, 0.25) is 5.02 Å². The summed E-state index contributed by atoms with van der Waals surface area (Å²) in [7, 11) is 0. The molecule has 4 nitrogen and oxygen atoms in total. The average Bonchev–Trinajstić information content (AvgIpc) is 2.48. The second kappa shape index (κ2) is 11.5. The van der Waals surface area contributed by atoms with E-state index < -0.39 is 0 Å². The maximum Gasteiger partial charge on any atom is 0.151 e. The van der Waals surface area contributed by atoms with Gasteiger partial charge >= 0.3 is 0 Å². The molecule has 1 rings (SSSR count). The molecule has 0 aliphatic carbocycles. The summed E-state index contributed by atoms with van der Waals surface area (Å²) in [5.41, 5.74) is 1.84. The molecule has 0 spiro atoms. The highest BCUT2D eigenvalue weighted by Crippen LogP contribution is 2.34. The van der Waals surface area contributed by atoms with Gasteiger partial charge in [-0.1, -0.05) is 53.3 Å². The topological polar surface area (TPSA) is 40.0 Å². The predicted octanol–water partition coefficient (Wildman–Crippen LogP) is 5.78. The van der Waals surface area contributed by atoms with Crippen molar-refractivity contribution < 1.29 is 14.3 Å². The second-order valence-corrected chi connectivity index (χ2v) is 6.58. The average molecular weight is 395 g/mol. The summed E-state index contributed by atoms with van der Waals surface area (Å²) in [6.45, 7) is 6.79. The van der Waals surface area contributed by atoms with Crippen molar-refractivity contribution in [3.63, 3.8) is 0 Å². The van der Waals surface area contributed by atoms with Gasteiger partial charge in [-0.15, -0.1) is 0 Å². The molecule has 0 aliphatic heterocycles. The molecular formula is C17H22Cl3NO3. The van der Waals surface area contributed by atoms with E-state index in [0.717, 1.165) is 24.1 Å². The number of rotatable bonds is 10. The third-order valence-electron chi connectivity index (χ3n) is 2.77. The number of ether oxygens (including phenoxy) is 2. The van der Waals surface area contributed by atoms with Gasteiger partial charge in [0, 0.05) is 6.07 Å². The molecule has 7 heteroatoms. The first kappa shape index (κ1) is 20.9. The van der Waals surface area contributed by atoms with E-state index in [4.69, 9.17) is 49.1 Å². The normalized spacial score (nSPS) is 10.1. The summed E-state index contributed by atoms with van der Waals surface area (Å²) in [5.74, 6) is 1.29. The molecule has 0 aliphatic rings. The molecule has 0 radical (unpaired) electrons. The molecule has 0 fully saturated rings. The Bertz CT molecular complexity index is 581. The Morgan fingerprint density at radius 1 is 1.17 bits per heavy atom. The summed E-state index contributed by atoms with van der Waals surface area (Å²) in [6.07, 6.45) is 3.35. The van der Waals surface area contributed by atoms with Gasteiger partial charge in [-0.25, -0.2) is 0 Å². The minimum absolute atomic E-state index is 0.166. The summed E-state index contributed by atoms with van der Waals surface area (Å²) in [6, 6.07) is 3.62. The third-order valence-corrected chi connectivity index (χ3v) is 3.36. The highest BCUT2D eigenvalue weighted by atomic mass is 35.5. The molecule has 0 unspecified atom stereocenters. The van der Waals surface area contributed by atoms with Crippen molar-refractivity contribution >= 4 is 40.5 Å². The van der Waals surface area contributed by atoms with Crippen molar-refractivity contribution in [3.05, 3.63) is 33.3 Å². The van der Waals surface area contributed by atoms with Gasteiger partial charge in [0.05, 0.1) is 10.7 Å². The molecule has 0 amide bonds. The minimum atomic E-state index is 0.166. The van der Waals surface area contributed by atoms with Gasteiger partial charge in [0.25, 0.3) is 0 Å². The van der Waals surface area contributed by atoms with E-state index in [-0.39, 0.29) is 11.1 Å². The van der Waals surface area contributed by atoms with Crippen molar-refractivity contribution in [2.75, 3.05) is 19.8 Å². The van der Waals surface area contributed by atoms with Crippen molar-refractivity contribution in [1.29, 1.82) is 0 Å². The SMILES string of the molecule is CCCc1cc(OCC=C(Cl)Cl)cc(Cl)c1OCCON=C(C)C. The fourth-order valence-electron chi connectivity index (χ4n) is 1.88. The van der Waals surface area contributed by atoms with Crippen LogP contribution in [0.5, 0.6) is 11.5 Å². The van der Waals surface area contributed by atoms with Gasteiger partial charge in [0.1, 0.15) is 29.2 Å². The van der Waals surface area contributed by atoms with Crippen molar-refractivity contribution in [2.24, 2.45) is 5.16 Å². The lowest BCUT2D eigenvalue weighted by atomic mass is 10.1. The third kappa shape index (κ3) is 8.13. The van der Waals surface area contributed by atoms with Crippen LogP contribution in [0.1, 0.15) is 32.8 Å². The van der Waals surface area contributed by atoms with Crippen LogP contribution >= 0.6 is 34.8 Å². The second-order valence-electron chi connectivity index (χ2n) is 5.17. The van der Waals surface area contributed by atoms with Crippen LogP contribution in [-0.4, -0.2) is 25.5 Å². The van der Waals surface area contributed by atoms with Crippen LogP contribution in [0.3, 0.4) is 0 Å². The molecule has 1 aromatic rings. The van der Waals surface area contributed by atoms with Crippen LogP contribution in [0.4, 0.5) is 0 Å². The standard InChI is InChI=1S/C17H22Cl3NO3/c1-4-5-13-10-14(22-7-6-16(19)20)11-15(18)17(13)23-8-9-24-21-12(2)3/h6,10-11H,4-5,7-9H2,1-3H3. The van der Waals surface area contributed by atoms with E-state index in [1.807, 2.05) is 19.9 Å². The zero-order valence-electron chi connectivity index (χ0n) is 14.1. The number of hydrogen-bond acceptors (Lipinski definition) is 4. The van der Waals surface area contributed by atoms with Gasteiger partial charge in [-0.05, 0) is 38.0 Å². The minimum Gasteiger partial charge on any atom is -0.489 e. The molecule has 0 N–H and O–H groups in total. The van der Waals surface area contributed by atoms with Crippen LogP contribution < -0.4 is 9.47 Å². The smallest absolute Gasteiger partial charge is 0.151 e. The van der Waals surface area contributed by atoms with Crippen LogP contribution in [0.25, 0.3) is 0 Å². The van der Waals surface area contributed by atoms with Crippen LogP contribution in [0, 0.1) is 0 Å². The molecule has 134 valence electrons. The maximum absolute atomic E-state index is 6.33. The van der Waals surface area contributed by atoms with Crippen LogP contribution in [0.15, 0.2) is 27.9 Å². The monoisotopic (exact) mass is 393 g/mol. The highest BCUT2D eigenvalue weighted by Gasteiger charge is 2.12. The number of hydrogen-bond donors (Lipinski definition) is 0. The number of nitrogens with zero attached hydrogens (tertiary/aromatic N) is 1. The highest BCUT2D eigenvalue weighted by molar-refractivity contribution is 6.55. The van der Waals surface area contributed by atoms with Crippen molar-refractivity contribution in [3.8, 4) is 11.5 Å². The van der Waals surface area contributed by atoms with E-state index in [9.17, 15) is 0 Å². The Morgan fingerprint density at radius 3 is 2.54 bits per heavy atom. The van der Waals surface area contributed by atoms with Gasteiger partial charge in [-0.2, -0.15) is 0 Å². The Labute approximate surface area is 158 Å².